The number of hydrogen-bond acceptors (Lipinski definition) is 4. The summed E-state index contributed by atoms with van der Waals surface area (Å²) >= 11 is 0. The van der Waals surface area contributed by atoms with E-state index >= 15 is 0 Å². The molecule has 0 aliphatic rings. The van der Waals surface area contributed by atoms with E-state index in [4.69, 9.17) is 10.3 Å². The molecule has 0 radical (unpaired) electrons. The number of hydrogen-bond donors (Lipinski definition) is 3. The lowest BCUT2D eigenvalue weighted by Crippen LogP contribution is -2.10. The van der Waals surface area contributed by atoms with Crippen LogP contribution < -0.4 is 11.1 Å². The molecule has 0 heterocycles. The Kier molecular flexibility index (Phi) is 3.51. The van der Waals surface area contributed by atoms with Gasteiger partial charge in [0.05, 0.1) is 5.69 Å². The third-order valence-electron chi connectivity index (χ3n) is 1.89. The summed E-state index contributed by atoms with van der Waals surface area (Å²) in [6.45, 7) is 1.69. The van der Waals surface area contributed by atoms with Crippen LogP contribution in [-0.4, -0.2) is 18.9 Å². The number of carbonyl (C=O) groups excluding carboxylic acids is 1. The Morgan fingerprint density at radius 2 is 2.12 bits per heavy atom. The number of benzene rings is 1. The highest BCUT2D eigenvalue weighted by Crippen LogP contribution is 2.22. The van der Waals surface area contributed by atoms with Crippen LogP contribution in [0.1, 0.15) is 13.3 Å². The van der Waals surface area contributed by atoms with Crippen molar-refractivity contribution in [1.82, 2.24) is 0 Å². The molecule has 0 bridgehead atoms. The topological polar surface area (TPSA) is 109 Å². The first-order valence-corrected chi connectivity index (χ1v) is 5.95. The fourth-order valence-corrected chi connectivity index (χ4v) is 1.71. The Morgan fingerprint density at radius 3 is 2.56 bits per heavy atom. The second kappa shape index (κ2) is 4.50. The SMILES string of the molecule is CCC(=O)Nc1ccc(S(=O)(=O)O)c(N)c1. The van der Waals surface area contributed by atoms with Crippen LogP contribution in [-0.2, 0) is 14.9 Å². The van der Waals surface area contributed by atoms with Crippen LogP contribution >= 0.6 is 0 Å². The van der Waals surface area contributed by atoms with Crippen LogP contribution in [0.2, 0.25) is 0 Å². The summed E-state index contributed by atoms with van der Waals surface area (Å²) in [6.07, 6.45) is 0.306. The van der Waals surface area contributed by atoms with Gasteiger partial charge in [-0.2, -0.15) is 8.42 Å². The average Bonchev–Trinajstić information content (AvgIpc) is 2.15. The predicted molar refractivity (Wildman–Crippen MR) is 59.6 cm³/mol. The van der Waals surface area contributed by atoms with E-state index in [0.29, 0.717) is 12.1 Å². The van der Waals surface area contributed by atoms with E-state index in [2.05, 4.69) is 5.32 Å². The Hall–Kier alpha value is -1.60. The monoisotopic (exact) mass is 244 g/mol. The molecule has 88 valence electrons. The van der Waals surface area contributed by atoms with Crippen LogP contribution in [0.15, 0.2) is 23.1 Å². The molecule has 1 amide bonds. The molecule has 0 aromatic heterocycles. The first-order valence-electron chi connectivity index (χ1n) is 4.51. The van der Waals surface area contributed by atoms with Crippen molar-refractivity contribution < 1.29 is 17.8 Å². The van der Waals surface area contributed by atoms with Crippen molar-refractivity contribution in [3.05, 3.63) is 18.2 Å². The standard InChI is InChI=1S/C9H12N2O4S/c1-2-9(12)11-6-3-4-8(7(10)5-6)16(13,14)15/h3-5H,2,10H2,1H3,(H,11,12)(H,13,14,15). The van der Waals surface area contributed by atoms with Gasteiger partial charge in [0, 0.05) is 12.1 Å². The molecule has 0 saturated carbocycles. The molecule has 0 aliphatic heterocycles. The molecule has 0 fully saturated rings. The zero-order valence-corrected chi connectivity index (χ0v) is 9.41. The minimum Gasteiger partial charge on any atom is -0.398 e. The van der Waals surface area contributed by atoms with Gasteiger partial charge in [-0.15, -0.1) is 0 Å². The number of anilines is 2. The van der Waals surface area contributed by atoms with E-state index in [9.17, 15) is 13.2 Å². The summed E-state index contributed by atoms with van der Waals surface area (Å²) < 4.78 is 30.5. The first kappa shape index (κ1) is 12.5. The normalized spacial score (nSPS) is 11.1. The Morgan fingerprint density at radius 1 is 1.50 bits per heavy atom. The van der Waals surface area contributed by atoms with Gasteiger partial charge in [0.25, 0.3) is 10.1 Å². The lowest BCUT2D eigenvalue weighted by Gasteiger charge is -2.07. The largest absolute Gasteiger partial charge is 0.398 e. The van der Waals surface area contributed by atoms with E-state index < -0.39 is 10.1 Å². The summed E-state index contributed by atoms with van der Waals surface area (Å²) in [5.74, 6) is -0.209. The van der Waals surface area contributed by atoms with Gasteiger partial charge in [-0.05, 0) is 18.2 Å². The molecule has 1 aromatic carbocycles. The second-order valence-electron chi connectivity index (χ2n) is 3.13. The maximum atomic E-state index is 11.1. The van der Waals surface area contributed by atoms with Gasteiger partial charge in [-0.3, -0.25) is 9.35 Å². The van der Waals surface area contributed by atoms with Crippen LogP contribution in [0.25, 0.3) is 0 Å². The number of nitrogens with two attached hydrogens (primary N) is 1. The molecular weight excluding hydrogens is 232 g/mol. The number of amides is 1. The van der Waals surface area contributed by atoms with Gasteiger partial charge in [0.15, 0.2) is 0 Å². The molecule has 0 aliphatic carbocycles. The fourth-order valence-electron chi connectivity index (χ4n) is 1.11. The molecule has 0 unspecified atom stereocenters. The van der Waals surface area contributed by atoms with Crippen LogP contribution in [0, 0.1) is 0 Å². The lowest BCUT2D eigenvalue weighted by molar-refractivity contribution is -0.115. The molecule has 0 spiro atoms. The molecule has 4 N–H and O–H groups in total. The van der Waals surface area contributed by atoms with E-state index in [1.165, 1.54) is 12.1 Å². The van der Waals surface area contributed by atoms with Crippen LogP contribution in [0.5, 0.6) is 0 Å². The lowest BCUT2D eigenvalue weighted by atomic mass is 10.2. The van der Waals surface area contributed by atoms with Gasteiger partial charge in [0.1, 0.15) is 4.90 Å². The fraction of sp³-hybridized carbons (Fsp3) is 0.222. The van der Waals surface area contributed by atoms with Gasteiger partial charge >= 0.3 is 0 Å². The second-order valence-corrected chi connectivity index (χ2v) is 4.52. The molecule has 0 atom stereocenters. The number of rotatable bonds is 3. The summed E-state index contributed by atoms with van der Waals surface area (Å²) in [4.78, 5) is 10.7. The van der Waals surface area contributed by atoms with Crippen molar-refractivity contribution in [2.75, 3.05) is 11.1 Å². The molecule has 1 rings (SSSR count). The molecule has 1 aromatic rings. The molecule has 0 saturated heterocycles. The maximum absolute atomic E-state index is 11.1. The van der Waals surface area contributed by atoms with Gasteiger partial charge in [-0.1, -0.05) is 6.92 Å². The van der Waals surface area contributed by atoms with Crippen molar-refractivity contribution in [2.24, 2.45) is 0 Å². The molecular formula is C9H12N2O4S. The molecule has 16 heavy (non-hydrogen) atoms. The molecule has 7 heteroatoms. The average molecular weight is 244 g/mol. The van der Waals surface area contributed by atoms with Crippen molar-refractivity contribution in [2.45, 2.75) is 18.2 Å². The summed E-state index contributed by atoms with van der Waals surface area (Å²) in [6, 6.07) is 3.76. The highest BCUT2D eigenvalue weighted by atomic mass is 32.2. The Balaban J connectivity index is 3.05. The zero-order valence-electron chi connectivity index (χ0n) is 8.60. The highest BCUT2D eigenvalue weighted by Gasteiger charge is 2.14. The maximum Gasteiger partial charge on any atom is 0.296 e. The van der Waals surface area contributed by atoms with Crippen molar-refractivity contribution >= 4 is 27.4 Å². The van der Waals surface area contributed by atoms with Crippen molar-refractivity contribution in [3.63, 3.8) is 0 Å². The van der Waals surface area contributed by atoms with Gasteiger partial charge < -0.3 is 11.1 Å². The quantitative estimate of drug-likeness (QED) is 0.539. The van der Waals surface area contributed by atoms with E-state index in [1.54, 1.807) is 6.92 Å². The number of nitrogens with one attached hydrogen (secondary N) is 1. The van der Waals surface area contributed by atoms with Crippen LogP contribution in [0.4, 0.5) is 11.4 Å². The highest BCUT2D eigenvalue weighted by molar-refractivity contribution is 7.86. The summed E-state index contributed by atoms with van der Waals surface area (Å²) in [7, 11) is -4.32. The smallest absolute Gasteiger partial charge is 0.296 e. The van der Waals surface area contributed by atoms with E-state index in [0.717, 1.165) is 6.07 Å². The third kappa shape index (κ3) is 2.94. The Labute approximate surface area is 93.2 Å². The molecule has 6 nitrogen and oxygen atoms in total. The minimum absolute atomic E-state index is 0.114. The minimum atomic E-state index is -4.32. The number of nitrogen functional groups attached to an aromatic ring is 1. The van der Waals surface area contributed by atoms with Crippen LogP contribution in [0.3, 0.4) is 0 Å². The summed E-state index contributed by atoms with van der Waals surface area (Å²) in [5, 5.41) is 2.52. The Bertz CT molecular complexity index is 510. The number of carbonyl (C=O) groups is 1. The third-order valence-corrected chi connectivity index (χ3v) is 2.82. The van der Waals surface area contributed by atoms with Crippen molar-refractivity contribution in [3.8, 4) is 0 Å². The predicted octanol–water partition coefficient (Wildman–Crippen LogP) is 0.864. The summed E-state index contributed by atoms with van der Waals surface area (Å²) in [5.41, 5.74) is 5.71. The first-order chi connectivity index (χ1) is 7.34. The zero-order chi connectivity index (χ0) is 12.3. The van der Waals surface area contributed by atoms with E-state index in [1.807, 2.05) is 0 Å². The van der Waals surface area contributed by atoms with Gasteiger partial charge in [0.2, 0.25) is 5.91 Å². The van der Waals surface area contributed by atoms with E-state index in [-0.39, 0.29) is 16.5 Å². The van der Waals surface area contributed by atoms with Gasteiger partial charge in [-0.25, -0.2) is 0 Å². The van der Waals surface area contributed by atoms with Crippen molar-refractivity contribution in [1.29, 1.82) is 0 Å².